The third-order valence-corrected chi connectivity index (χ3v) is 3.95. The molecule has 1 aliphatic heterocycles. The fraction of sp³-hybridized carbons (Fsp3) is 0.353. The van der Waals surface area contributed by atoms with Crippen molar-refractivity contribution in [3.63, 3.8) is 0 Å². The largest absolute Gasteiger partial charge is 0.497 e. The summed E-state index contributed by atoms with van der Waals surface area (Å²) in [5, 5.41) is 3.08. The molecule has 0 saturated carbocycles. The lowest BCUT2D eigenvalue weighted by Gasteiger charge is -2.15. The van der Waals surface area contributed by atoms with Crippen LogP contribution in [-0.4, -0.2) is 48.1 Å². The Bertz CT molecular complexity index is 712. The zero-order chi connectivity index (χ0) is 16.9. The van der Waals surface area contributed by atoms with Crippen LogP contribution in [0.4, 0.5) is 11.6 Å². The molecule has 126 valence electrons. The number of methoxy groups -OCH3 is 2. The second kappa shape index (κ2) is 7.16. The molecule has 1 aromatic heterocycles. The number of nitrogens with zero attached hydrogens (tertiary/aromatic N) is 3. The van der Waals surface area contributed by atoms with E-state index in [2.05, 4.69) is 15.3 Å². The predicted molar refractivity (Wildman–Crippen MR) is 90.0 cm³/mol. The monoisotopic (exact) mass is 328 g/mol. The van der Waals surface area contributed by atoms with Crippen molar-refractivity contribution in [1.29, 1.82) is 0 Å². The molecule has 1 aliphatic rings. The van der Waals surface area contributed by atoms with Crippen molar-refractivity contribution in [2.45, 2.75) is 12.8 Å². The smallest absolute Gasteiger partial charge is 0.256 e. The Balaban J connectivity index is 1.73. The van der Waals surface area contributed by atoms with Crippen LogP contribution >= 0.6 is 0 Å². The highest BCUT2D eigenvalue weighted by atomic mass is 16.5. The average molecular weight is 328 g/mol. The molecule has 7 nitrogen and oxygen atoms in total. The first-order valence-corrected chi connectivity index (χ1v) is 7.81. The zero-order valence-electron chi connectivity index (χ0n) is 13.8. The van der Waals surface area contributed by atoms with E-state index >= 15 is 0 Å². The second-order valence-corrected chi connectivity index (χ2v) is 5.49. The number of carbonyl (C=O) groups is 1. The van der Waals surface area contributed by atoms with E-state index in [1.54, 1.807) is 32.7 Å². The van der Waals surface area contributed by atoms with Gasteiger partial charge in [-0.15, -0.1) is 0 Å². The van der Waals surface area contributed by atoms with Gasteiger partial charge in [-0.05, 0) is 25.0 Å². The van der Waals surface area contributed by atoms with Gasteiger partial charge in [0.15, 0.2) is 0 Å². The van der Waals surface area contributed by atoms with Gasteiger partial charge in [0.1, 0.15) is 11.5 Å². The van der Waals surface area contributed by atoms with Crippen LogP contribution in [0.1, 0.15) is 23.2 Å². The van der Waals surface area contributed by atoms with Crippen LogP contribution < -0.4 is 14.8 Å². The number of benzene rings is 1. The van der Waals surface area contributed by atoms with Gasteiger partial charge in [0.2, 0.25) is 5.95 Å². The van der Waals surface area contributed by atoms with Crippen molar-refractivity contribution in [1.82, 2.24) is 14.9 Å². The maximum atomic E-state index is 12.3. The van der Waals surface area contributed by atoms with E-state index in [4.69, 9.17) is 9.47 Å². The van der Waals surface area contributed by atoms with E-state index in [0.717, 1.165) is 31.6 Å². The van der Waals surface area contributed by atoms with Crippen molar-refractivity contribution < 1.29 is 14.3 Å². The van der Waals surface area contributed by atoms with Gasteiger partial charge < -0.3 is 19.7 Å². The topological polar surface area (TPSA) is 76.6 Å². The minimum absolute atomic E-state index is 0.0129. The van der Waals surface area contributed by atoms with Crippen LogP contribution in [0.5, 0.6) is 11.5 Å². The Morgan fingerprint density at radius 3 is 2.46 bits per heavy atom. The molecule has 0 unspecified atom stereocenters. The number of anilines is 2. The number of aromatic nitrogens is 2. The molecule has 1 N–H and O–H groups in total. The molecule has 3 rings (SSSR count). The van der Waals surface area contributed by atoms with Gasteiger partial charge in [-0.25, -0.2) is 9.97 Å². The lowest BCUT2D eigenvalue weighted by atomic mass is 10.2. The van der Waals surface area contributed by atoms with Gasteiger partial charge in [-0.3, -0.25) is 4.79 Å². The summed E-state index contributed by atoms with van der Waals surface area (Å²) in [6.45, 7) is 1.61. The van der Waals surface area contributed by atoms with E-state index in [1.165, 1.54) is 0 Å². The molecule has 1 saturated heterocycles. The van der Waals surface area contributed by atoms with Gasteiger partial charge in [-0.1, -0.05) is 0 Å². The molecule has 1 amide bonds. The first-order chi connectivity index (χ1) is 11.7. The fourth-order valence-electron chi connectivity index (χ4n) is 2.63. The van der Waals surface area contributed by atoms with Crippen molar-refractivity contribution in [3.05, 3.63) is 36.2 Å². The van der Waals surface area contributed by atoms with Gasteiger partial charge in [0.05, 0.1) is 25.5 Å². The minimum Gasteiger partial charge on any atom is -0.497 e. The van der Waals surface area contributed by atoms with Crippen LogP contribution in [0.3, 0.4) is 0 Å². The van der Waals surface area contributed by atoms with Gasteiger partial charge in [-0.2, -0.15) is 0 Å². The Morgan fingerprint density at radius 2 is 1.83 bits per heavy atom. The molecule has 0 bridgehead atoms. The molecule has 1 aromatic carbocycles. The highest BCUT2D eigenvalue weighted by Gasteiger charge is 2.20. The van der Waals surface area contributed by atoms with Crippen molar-refractivity contribution in [2.24, 2.45) is 0 Å². The highest BCUT2D eigenvalue weighted by Crippen LogP contribution is 2.30. The third-order valence-electron chi connectivity index (χ3n) is 3.95. The number of nitrogens with one attached hydrogen (secondary N) is 1. The molecule has 0 aliphatic carbocycles. The Morgan fingerprint density at radius 1 is 1.12 bits per heavy atom. The van der Waals surface area contributed by atoms with Crippen LogP contribution in [0.2, 0.25) is 0 Å². The number of hydrogen-bond acceptors (Lipinski definition) is 6. The third kappa shape index (κ3) is 3.40. The maximum absolute atomic E-state index is 12.3. The Kier molecular flexibility index (Phi) is 4.79. The highest BCUT2D eigenvalue weighted by molar-refractivity contribution is 5.93. The predicted octanol–water partition coefficient (Wildman–Crippen LogP) is 2.47. The number of hydrogen-bond donors (Lipinski definition) is 1. The molecule has 0 radical (unpaired) electrons. The summed E-state index contributed by atoms with van der Waals surface area (Å²) >= 11 is 0. The summed E-state index contributed by atoms with van der Waals surface area (Å²) in [6.07, 6.45) is 5.21. The summed E-state index contributed by atoms with van der Waals surface area (Å²) in [7, 11) is 3.18. The average Bonchev–Trinajstić information content (AvgIpc) is 3.16. The van der Waals surface area contributed by atoms with E-state index in [1.807, 2.05) is 17.0 Å². The summed E-state index contributed by atoms with van der Waals surface area (Å²) in [6, 6.07) is 5.41. The zero-order valence-corrected chi connectivity index (χ0v) is 13.8. The van der Waals surface area contributed by atoms with E-state index in [9.17, 15) is 4.79 Å². The van der Waals surface area contributed by atoms with Crippen LogP contribution in [0, 0.1) is 0 Å². The number of carbonyl (C=O) groups excluding carboxylic acids is 1. The minimum atomic E-state index is -0.0129. The van der Waals surface area contributed by atoms with E-state index < -0.39 is 0 Å². The van der Waals surface area contributed by atoms with Crippen LogP contribution in [0.25, 0.3) is 0 Å². The summed E-state index contributed by atoms with van der Waals surface area (Å²) in [4.78, 5) is 22.6. The Hall–Kier alpha value is -2.83. The summed E-state index contributed by atoms with van der Waals surface area (Å²) in [5.41, 5.74) is 1.22. The lowest BCUT2D eigenvalue weighted by Crippen LogP contribution is -2.27. The summed E-state index contributed by atoms with van der Waals surface area (Å²) in [5.74, 6) is 1.71. The number of rotatable bonds is 5. The van der Waals surface area contributed by atoms with Gasteiger partial charge in [0.25, 0.3) is 5.91 Å². The van der Waals surface area contributed by atoms with Crippen molar-refractivity contribution in [2.75, 3.05) is 32.6 Å². The molecule has 2 aromatic rings. The fourth-order valence-corrected chi connectivity index (χ4v) is 2.63. The first kappa shape index (κ1) is 16.0. The number of ether oxygens (including phenoxy) is 2. The molecular formula is C17H20N4O3. The summed E-state index contributed by atoms with van der Waals surface area (Å²) < 4.78 is 10.5. The van der Waals surface area contributed by atoms with E-state index in [-0.39, 0.29) is 5.91 Å². The van der Waals surface area contributed by atoms with Crippen molar-refractivity contribution in [3.8, 4) is 11.5 Å². The van der Waals surface area contributed by atoms with Crippen molar-refractivity contribution >= 4 is 17.5 Å². The second-order valence-electron chi connectivity index (χ2n) is 5.49. The van der Waals surface area contributed by atoms with Gasteiger partial charge >= 0.3 is 0 Å². The Labute approximate surface area is 140 Å². The molecule has 0 atom stereocenters. The lowest BCUT2D eigenvalue weighted by molar-refractivity contribution is 0.0792. The van der Waals surface area contributed by atoms with E-state index in [0.29, 0.717) is 23.0 Å². The molecule has 7 heteroatoms. The molecule has 1 fully saturated rings. The number of likely N-dealkylation sites (tertiary alicyclic amines) is 1. The SMILES string of the molecule is COc1ccc(Nc2ncc(C(=O)N3CCCC3)cn2)c(OC)c1. The van der Waals surface area contributed by atoms with Crippen LogP contribution in [-0.2, 0) is 0 Å². The molecule has 2 heterocycles. The van der Waals surface area contributed by atoms with Gasteiger partial charge in [0, 0.05) is 31.5 Å². The quantitative estimate of drug-likeness (QED) is 0.908. The number of amides is 1. The molecule has 24 heavy (non-hydrogen) atoms. The first-order valence-electron chi connectivity index (χ1n) is 7.81. The van der Waals surface area contributed by atoms with Crippen LogP contribution in [0.15, 0.2) is 30.6 Å². The maximum Gasteiger partial charge on any atom is 0.256 e. The normalized spacial score (nSPS) is 13.7. The molecular weight excluding hydrogens is 308 g/mol. The standard InChI is InChI=1S/C17H20N4O3/c1-23-13-5-6-14(15(9-13)24-2)20-17-18-10-12(11-19-17)16(22)21-7-3-4-8-21/h5-6,9-11H,3-4,7-8H2,1-2H3,(H,18,19,20). The molecule has 0 spiro atoms.